The van der Waals surface area contributed by atoms with Crippen LogP contribution in [-0.2, 0) is 4.79 Å². The molecule has 1 rings (SSSR count). The van der Waals surface area contributed by atoms with Gasteiger partial charge in [-0.1, -0.05) is 0 Å². The Morgan fingerprint density at radius 1 is 1.75 bits per heavy atom. The lowest BCUT2D eigenvalue weighted by Gasteiger charge is -2.32. The molecule has 0 N–H and O–H groups in total. The lowest BCUT2D eigenvalue weighted by Crippen LogP contribution is -2.42. The van der Waals surface area contributed by atoms with Crippen molar-refractivity contribution in [1.29, 1.82) is 5.26 Å². The van der Waals surface area contributed by atoms with E-state index in [1.54, 1.807) is 0 Å². The molecular weight excluding hydrogens is 152 g/mol. The van der Waals surface area contributed by atoms with Gasteiger partial charge in [-0.3, -0.25) is 4.79 Å². The molecule has 1 unspecified atom stereocenters. The summed E-state index contributed by atoms with van der Waals surface area (Å²) in [5.74, 6) is 0.212. The Labute approximate surface area is 73.0 Å². The van der Waals surface area contributed by atoms with Crippen LogP contribution in [0.4, 0.5) is 0 Å². The molecule has 1 aliphatic heterocycles. The third-order valence-electron chi connectivity index (χ3n) is 2.33. The number of nitrogens with zero attached hydrogens (tertiary/aromatic N) is 2. The summed E-state index contributed by atoms with van der Waals surface area (Å²) in [6.45, 7) is 2.66. The van der Waals surface area contributed by atoms with Crippen LogP contribution in [0, 0.1) is 11.3 Å². The van der Waals surface area contributed by atoms with Crippen molar-refractivity contribution in [2.24, 2.45) is 0 Å². The number of rotatable bonds is 2. The molecule has 3 heteroatoms. The fraction of sp³-hybridized carbons (Fsp3) is 0.778. The normalized spacial score (nSPS) is 23.8. The van der Waals surface area contributed by atoms with Gasteiger partial charge in [-0.15, -0.1) is 0 Å². The summed E-state index contributed by atoms with van der Waals surface area (Å²) in [6.07, 6.45) is 3.20. The Hall–Kier alpha value is -1.04. The first-order valence-electron chi connectivity index (χ1n) is 4.42. The minimum atomic E-state index is 0.212. The zero-order chi connectivity index (χ0) is 8.97. The summed E-state index contributed by atoms with van der Waals surface area (Å²) >= 11 is 0. The molecule has 0 aromatic rings. The van der Waals surface area contributed by atoms with Crippen molar-refractivity contribution in [2.45, 2.75) is 38.6 Å². The van der Waals surface area contributed by atoms with Crippen LogP contribution in [0.1, 0.15) is 32.6 Å². The lowest BCUT2D eigenvalue weighted by molar-refractivity contribution is -0.135. The van der Waals surface area contributed by atoms with Crippen LogP contribution in [0.5, 0.6) is 0 Å². The molecular formula is C9H14N2O. The molecule has 1 fully saturated rings. The quantitative estimate of drug-likeness (QED) is 0.620. The predicted molar refractivity (Wildman–Crippen MR) is 45.3 cm³/mol. The highest BCUT2D eigenvalue weighted by molar-refractivity contribution is 5.77. The molecule has 0 spiro atoms. The third-order valence-corrected chi connectivity index (χ3v) is 2.33. The van der Waals surface area contributed by atoms with Crippen molar-refractivity contribution in [3.63, 3.8) is 0 Å². The molecule has 0 saturated carbocycles. The van der Waals surface area contributed by atoms with Crippen molar-refractivity contribution in [1.82, 2.24) is 4.90 Å². The molecule has 1 aliphatic rings. The monoisotopic (exact) mass is 166 g/mol. The molecule has 12 heavy (non-hydrogen) atoms. The van der Waals surface area contributed by atoms with Crippen LogP contribution in [-0.4, -0.2) is 23.4 Å². The largest absolute Gasteiger partial charge is 0.339 e. The summed E-state index contributed by atoms with van der Waals surface area (Å²) < 4.78 is 0. The maximum absolute atomic E-state index is 11.3. The Kier molecular flexibility index (Phi) is 3.09. The van der Waals surface area contributed by atoms with Gasteiger partial charge in [-0.25, -0.2) is 0 Å². The molecule has 66 valence electrons. The number of hydrogen-bond acceptors (Lipinski definition) is 2. The Morgan fingerprint density at radius 3 is 3.08 bits per heavy atom. The standard InChI is InChI=1S/C9H14N2O/c1-8-4-2-5-9(12)11(8)7-3-6-10/h8H,2-5,7H2,1H3. The fourth-order valence-corrected chi connectivity index (χ4v) is 1.61. The topological polar surface area (TPSA) is 44.1 Å². The van der Waals surface area contributed by atoms with E-state index < -0.39 is 0 Å². The van der Waals surface area contributed by atoms with Gasteiger partial charge in [-0.2, -0.15) is 5.26 Å². The number of hydrogen-bond donors (Lipinski definition) is 0. The van der Waals surface area contributed by atoms with E-state index in [0.29, 0.717) is 25.4 Å². The summed E-state index contributed by atoms with van der Waals surface area (Å²) in [5, 5.41) is 8.38. The van der Waals surface area contributed by atoms with E-state index in [4.69, 9.17) is 5.26 Å². The SMILES string of the molecule is CC1CCCC(=O)N1CCC#N. The van der Waals surface area contributed by atoms with Gasteiger partial charge in [-0.05, 0) is 19.8 Å². The molecule has 3 nitrogen and oxygen atoms in total. The van der Waals surface area contributed by atoms with E-state index in [-0.39, 0.29) is 5.91 Å². The summed E-state index contributed by atoms with van der Waals surface area (Å²) in [4.78, 5) is 13.2. The number of likely N-dealkylation sites (tertiary alicyclic amines) is 1. The van der Waals surface area contributed by atoms with Gasteiger partial charge in [0.1, 0.15) is 0 Å². The molecule has 0 bridgehead atoms. The first-order valence-corrected chi connectivity index (χ1v) is 4.42. The Balaban J connectivity index is 2.46. The second-order valence-electron chi connectivity index (χ2n) is 3.24. The van der Waals surface area contributed by atoms with Crippen molar-refractivity contribution < 1.29 is 4.79 Å². The van der Waals surface area contributed by atoms with Crippen molar-refractivity contribution in [2.75, 3.05) is 6.54 Å². The van der Waals surface area contributed by atoms with Gasteiger partial charge in [0, 0.05) is 19.0 Å². The number of carbonyl (C=O) groups is 1. The van der Waals surface area contributed by atoms with Crippen LogP contribution in [0.3, 0.4) is 0 Å². The van der Waals surface area contributed by atoms with Gasteiger partial charge in [0.05, 0.1) is 12.5 Å². The smallest absolute Gasteiger partial charge is 0.222 e. The van der Waals surface area contributed by atoms with Crippen molar-refractivity contribution in [3.05, 3.63) is 0 Å². The molecule has 0 radical (unpaired) electrons. The minimum absolute atomic E-state index is 0.212. The van der Waals surface area contributed by atoms with Crippen LogP contribution in [0.15, 0.2) is 0 Å². The predicted octanol–water partition coefficient (Wildman–Crippen LogP) is 1.30. The van der Waals surface area contributed by atoms with Crippen LogP contribution in [0.25, 0.3) is 0 Å². The van der Waals surface area contributed by atoms with E-state index in [0.717, 1.165) is 12.8 Å². The fourth-order valence-electron chi connectivity index (χ4n) is 1.61. The Morgan fingerprint density at radius 2 is 2.50 bits per heavy atom. The second-order valence-corrected chi connectivity index (χ2v) is 3.24. The number of nitriles is 1. The zero-order valence-corrected chi connectivity index (χ0v) is 7.42. The van der Waals surface area contributed by atoms with Gasteiger partial charge in [0.25, 0.3) is 0 Å². The van der Waals surface area contributed by atoms with Gasteiger partial charge < -0.3 is 4.90 Å². The van der Waals surface area contributed by atoms with E-state index in [9.17, 15) is 4.79 Å². The van der Waals surface area contributed by atoms with E-state index in [2.05, 4.69) is 13.0 Å². The van der Waals surface area contributed by atoms with E-state index in [1.165, 1.54) is 0 Å². The maximum atomic E-state index is 11.3. The van der Waals surface area contributed by atoms with Gasteiger partial charge >= 0.3 is 0 Å². The van der Waals surface area contributed by atoms with Crippen LogP contribution >= 0.6 is 0 Å². The second kappa shape index (κ2) is 4.10. The average Bonchev–Trinajstić information content (AvgIpc) is 2.04. The van der Waals surface area contributed by atoms with Crippen molar-refractivity contribution in [3.8, 4) is 6.07 Å². The van der Waals surface area contributed by atoms with E-state index in [1.807, 2.05) is 4.90 Å². The first kappa shape index (κ1) is 9.05. The molecule has 1 amide bonds. The third kappa shape index (κ3) is 1.97. The molecule has 1 heterocycles. The Bertz CT molecular complexity index is 207. The zero-order valence-electron chi connectivity index (χ0n) is 7.42. The summed E-state index contributed by atoms with van der Waals surface area (Å²) in [7, 11) is 0. The van der Waals surface area contributed by atoms with Crippen LogP contribution in [0.2, 0.25) is 0 Å². The molecule has 0 aromatic carbocycles. The highest BCUT2D eigenvalue weighted by Gasteiger charge is 2.23. The van der Waals surface area contributed by atoms with Crippen LogP contribution < -0.4 is 0 Å². The van der Waals surface area contributed by atoms with Crippen molar-refractivity contribution >= 4 is 5.91 Å². The molecule has 1 saturated heterocycles. The maximum Gasteiger partial charge on any atom is 0.222 e. The first-order chi connectivity index (χ1) is 5.75. The molecule has 0 aromatic heterocycles. The molecule has 1 atom stereocenters. The number of carbonyl (C=O) groups excluding carboxylic acids is 1. The molecule has 0 aliphatic carbocycles. The number of amides is 1. The summed E-state index contributed by atoms with van der Waals surface area (Å²) in [5.41, 5.74) is 0. The van der Waals surface area contributed by atoms with Gasteiger partial charge in [0.2, 0.25) is 5.91 Å². The van der Waals surface area contributed by atoms with E-state index >= 15 is 0 Å². The summed E-state index contributed by atoms with van der Waals surface area (Å²) in [6, 6.07) is 2.40. The number of piperidine rings is 1. The highest BCUT2D eigenvalue weighted by Crippen LogP contribution is 2.17. The average molecular weight is 166 g/mol. The highest BCUT2D eigenvalue weighted by atomic mass is 16.2. The lowest BCUT2D eigenvalue weighted by atomic mass is 10.0. The minimum Gasteiger partial charge on any atom is -0.339 e. The van der Waals surface area contributed by atoms with Gasteiger partial charge in [0.15, 0.2) is 0 Å².